The molecule has 0 radical (unpaired) electrons. The van der Waals surface area contributed by atoms with Crippen LogP contribution in [-0.4, -0.2) is 36.5 Å². The molecule has 3 aliphatic carbocycles. The largest absolute Gasteiger partial charge is 0.396 e. The lowest BCUT2D eigenvalue weighted by atomic mass is 9.44. The van der Waals surface area contributed by atoms with Crippen LogP contribution in [0, 0.1) is 17.3 Å². The van der Waals surface area contributed by atoms with Crippen LogP contribution in [0.5, 0.6) is 0 Å². The first kappa shape index (κ1) is 8.93. The molecule has 3 heterocycles. The summed E-state index contributed by atoms with van der Waals surface area (Å²) in [6.07, 6.45) is 1.64. The Labute approximate surface area is 88.5 Å². The SMILES string of the molecule is CO[C@]12C[C@]3(C)OC(O1)C1(CO)[C@H]2C[C@@H]13. The molecular weight excluding hydrogens is 196 g/mol. The number of methoxy groups -OCH3 is 1. The van der Waals surface area contributed by atoms with E-state index < -0.39 is 5.79 Å². The molecule has 6 atom stereocenters. The summed E-state index contributed by atoms with van der Waals surface area (Å²) < 4.78 is 17.4. The Morgan fingerprint density at radius 3 is 2.80 bits per heavy atom. The topological polar surface area (TPSA) is 47.9 Å². The average molecular weight is 212 g/mol. The highest BCUT2D eigenvalue weighted by atomic mass is 16.8. The van der Waals surface area contributed by atoms with Crippen LogP contribution in [0.15, 0.2) is 0 Å². The molecule has 84 valence electrons. The molecule has 6 fully saturated rings. The molecular formula is C11H16O4. The number of ether oxygens (including phenoxy) is 3. The Morgan fingerprint density at radius 1 is 1.40 bits per heavy atom. The molecule has 3 aliphatic heterocycles. The lowest BCUT2D eigenvalue weighted by Gasteiger charge is -2.60. The van der Waals surface area contributed by atoms with Crippen LogP contribution in [0.1, 0.15) is 19.8 Å². The highest BCUT2D eigenvalue weighted by Gasteiger charge is 2.86. The lowest BCUT2D eigenvalue weighted by Crippen LogP contribution is -2.67. The Kier molecular flexibility index (Phi) is 1.26. The number of hydrogen-bond donors (Lipinski definition) is 1. The predicted molar refractivity (Wildman–Crippen MR) is 49.8 cm³/mol. The minimum Gasteiger partial charge on any atom is -0.396 e. The van der Waals surface area contributed by atoms with Crippen LogP contribution in [0.3, 0.4) is 0 Å². The summed E-state index contributed by atoms with van der Waals surface area (Å²) in [5.74, 6) is 0.302. The van der Waals surface area contributed by atoms with Gasteiger partial charge in [-0.25, -0.2) is 0 Å². The fourth-order valence-electron chi connectivity index (χ4n) is 4.70. The van der Waals surface area contributed by atoms with Crippen LogP contribution in [0.25, 0.3) is 0 Å². The first-order valence-corrected chi connectivity index (χ1v) is 5.63. The van der Waals surface area contributed by atoms with Crippen LogP contribution < -0.4 is 0 Å². The molecule has 6 rings (SSSR count). The first-order valence-electron chi connectivity index (χ1n) is 5.63. The fourth-order valence-corrected chi connectivity index (χ4v) is 4.70. The van der Waals surface area contributed by atoms with Crippen LogP contribution in [0.2, 0.25) is 0 Å². The van der Waals surface area contributed by atoms with E-state index in [0.29, 0.717) is 11.8 Å². The maximum Gasteiger partial charge on any atom is 0.177 e. The number of hydrogen-bond acceptors (Lipinski definition) is 4. The van der Waals surface area contributed by atoms with Gasteiger partial charge >= 0.3 is 0 Å². The Morgan fingerprint density at radius 2 is 2.20 bits per heavy atom. The zero-order chi connectivity index (χ0) is 10.5. The molecule has 4 heteroatoms. The molecule has 6 bridgehead atoms. The van der Waals surface area contributed by atoms with Gasteiger partial charge in [-0.05, 0) is 13.3 Å². The van der Waals surface area contributed by atoms with E-state index in [-0.39, 0.29) is 23.9 Å². The van der Waals surface area contributed by atoms with Gasteiger partial charge < -0.3 is 19.3 Å². The number of rotatable bonds is 2. The monoisotopic (exact) mass is 212 g/mol. The molecule has 6 aliphatic rings. The molecule has 0 aromatic rings. The second-order valence-electron chi connectivity index (χ2n) is 5.68. The molecule has 4 nitrogen and oxygen atoms in total. The van der Waals surface area contributed by atoms with Crippen molar-refractivity contribution in [3.05, 3.63) is 0 Å². The van der Waals surface area contributed by atoms with Gasteiger partial charge in [0.25, 0.3) is 0 Å². The van der Waals surface area contributed by atoms with Crippen molar-refractivity contribution in [3.8, 4) is 0 Å². The summed E-state index contributed by atoms with van der Waals surface area (Å²) in [5, 5.41) is 9.67. The van der Waals surface area contributed by atoms with E-state index in [0.717, 1.165) is 12.8 Å². The van der Waals surface area contributed by atoms with E-state index >= 15 is 0 Å². The summed E-state index contributed by atoms with van der Waals surface area (Å²) in [6.45, 7) is 2.29. The van der Waals surface area contributed by atoms with Crippen LogP contribution in [-0.2, 0) is 14.2 Å². The third-order valence-electron chi connectivity index (χ3n) is 5.38. The van der Waals surface area contributed by atoms with Gasteiger partial charge in [-0.2, -0.15) is 0 Å². The minimum absolute atomic E-state index is 0.142. The van der Waals surface area contributed by atoms with Gasteiger partial charge in [0.05, 0.1) is 17.6 Å². The molecule has 0 spiro atoms. The van der Waals surface area contributed by atoms with Gasteiger partial charge in [0.2, 0.25) is 0 Å². The normalized spacial score (nSPS) is 68.6. The van der Waals surface area contributed by atoms with E-state index in [1.54, 1.807) is 7.11 Å². The van der Waals surface area contributed by atoms with E-state index in [1.165, 1.54) is 0 Å². The summed E-state index contributed by atoms with van der Waals surface area (Å²) in [4.78, 5) is 0. The minimum atomic E-state index is -0.477. The molecule has 0 amide bonds. The lowest BCUT2D eigenvalue weighted by molar-refractivity contribution is -0.364. The van der Waals surface area contributed by atoms with Crippen molar-refractivity contribution in [2.24, 2.45) is 17.3 Å². The molecule has 15 heavy (non-hydrogen) atoms. The van der Waals surface area contributed by atoms with Crippen molar-refractivity contribution in [2.75, 3.05) is 13.7 Å². The van der Waals surface area contributed by atoms with Crippen molar-refractivity contribution in [1.82, 2.24) is 0 Å². The van der Waals surface area contributed by atoms with Gasteiger partial charge in [-0.1, -0.05) is 0 Å². The fraction of sp³-hybridized carbons (Fsp3) is 1.00. The highest BCUT2D eigenvalue weighted by molar-refractivity contribution is 5.27. The standard InChI is InChI=1S/C11H16O4/c1-9-4-11(13-2)7-3-6(9)10(7,5-12)8(14-9)15-11/h6-8,12H,3-5H2,1-2H3/t6-,7-,8?,9+,10?,11-/m1/s1. The van der Waals surface area contributed by atoms with Gasteiger partial charge in [0, 0.05) is 25.4 Å². The maximum atomic E-state index is 9.67. The average Bonchev–Trinajstić information content (AvgIpc) is 2.36. The van der Waals surface area contributed by atoms with Gasteiger partial charge in [0.1, 0.15) is 0 Å². The molecule has 3 saturated carbocycles. The van der Waals surface area contributed by atoms with Crippen molar-refractivity contribution in [3.63, 3.8) is 0 Å². The molecule has 3 saturated heterocycles. The van der Waals surface area contributed by atoms with E-state index in [4.69, 9.17) is 14.2 Å². The Balaban J connectivity index is 1.90. The quantitative estimate of drug-likeness (QED) is 0.723. The van der Waals surface area contributed by atoms with Crippen molar-refractivity contribution in [1.29, 1.82) is 0 Å². The van der Waals surface area contributed by atoms with Crippen molar-refractivity contribution >= 4 is 0 Å². The summed E-state index contributed by atoms with van der Waals surface area (Å²) in [7, 11) is 1.70. The zero-order valence-electron chi connectivity index (χ0n) is 9.03. The zero-order valence-corrected chi connectivity index (χ0v) is 9.03. The van der Waals surface area contributed by atoms with Gasteiger partial charge in [-0.3, -0.25) is 0 Å². The molecule has 2 unspecified atom stereocenters. The first-order chi connectivity index (χ1) is 7.11. The van der Waals surface area contributed by atoms with Crippen LogP contribution >= 0.6 is 0 Å². The van der Waals surface area contributed by atoms with E-state index in [2.05, 4.69) is 6.92 Å². The second-order valence-corrected chi connectivity index (χ2v) is 5.68. The van der Waals surface area contributed by atoms with Crippen LogP contribution in [0.4, 0.5) is 0 Å². The third kappa shape index (κ3) is 0.622. The van der Waals surface area contributed by atoms with E-state index in [1.807, 2.05) is 0 Å². The maximum absolute atomic E-state index is 9.67. The van der Waals surface area contributed by atoms with Crippen molar-refractivity contribution in [2.45, 2.75) is 37.4 Å². The Bertz CT molecular complexity index is 345. The van der Waals surface area contributed by atoms with Gasteiger partial charge in [0.15, 0.2) is 12.1 Å². The smallest absolute Gasteiger partial charge is 0.177 e. The summed E-state index contributed by atoms with van der Waals surface area (Å²) in [5.41, 5.74) is -0.306. The molecule has 1 N–H and O–H groups in total. The molecule has 0 aromatic carbocycles. The summed E-state index contributed by atoms with van der Waals surface area (Å²) >= 11 is 0. The predicted octanol–water partition coefficient (Wildman–Crippen LogP) is 0.493. The Hall–Kier alpha value is -0.160. The number of aliphatic hydroxyl groups is 1. The van der Waals surface area contributed by atoms with E-state index in [9.17, 15) is 5.11 Å². The summed E-state index contributed by atoms with van der Waals surface area (Å²) in [6, 6.07) is 0. The number of aliphatic hydroxyl groups excluding tert-OH is 1. The molecule has 0 aromatic heterocycles. The van der Waals surface area contributed by atoms with Crippen molar-refractivity contribution < 1.29 is 19.3 Å². The van der Waals surface area contributed by atoms with Gasteiger partial charge in [-0.15, -0.1) is 0 Å². The highest BCUT2D eigenvalue weighted by Crippen LogP contribution is 2.78. The second kappa shape index (κ2) is 2.12. The third-order valence-corrected chi connectivity index (χ3v) is 5.38.